The van der Waals surface area contributed by atoms with Gasteiger partial charge in [-0.15, -0.1) is 0 Å². The molecule has 8 heteroatoms. The molecule has 1 atom stereocenters. The minimum atomic E-state index is -0.753. The lowest BCUT2D eigenvalue weighted by Gasteiger charge is -2.12. The molecule has 0 saturated carbocycles. The van der Waals surface area contributed by atoms with Crippen LogP contribution in [0.1, 0.15) is 16.1 Å². The molecule has 0 spiro atoms. The molecule has 0 aliphatic rings. The Balaban J connectivity index is 1.92. The summed E-state index contributed by atoms with van der Waals surface area (Å²) in [6, 6.07) is 11.7. The van der Waals surface area contributed by atoms with Gasteiger partial charge < -0.3 is 16.2 Å². The maximum Gasteiger partial charge on any atom is 0.311 e. The number of nitro groups is 1. The molecule has 0 radical (unpaired) electrons. The number of aliphatic hydroxyl groups excluding tert-OH is 1. The predicted molar refractivity (Wildman–Crippen MR) is 83.8 cm³/mol. The van der Waals surface area contributed by atoms with E-state index in [1.165, 1.54) is 6.07 Å². The monoisotopic (exact) mass is 316 g/mol. The summed E-state index contributed by atoms with van der Waals surface area (Å²) < 4.78 is 0. The number of nitrogens with one attached hydrogen (secondary N) is 1. The number of hydrogen-bond donors (Lipinski definition) is 3. The van der Waals surface area contributed by atoms with Crippen LogP contribution < -0.4 is 11.1 Å². The van der Waals surface area contributed by atoms with Gasteiger partial charge >= 0.3 is 5.69 Å². The number of rotatable bonds is 6. The second kappa shape index (κ2) is 7.32. The van der Waals surface area contributed by atoms with Gasteiger partial charge in [0.05, 0.1) is 11.0 Å². The van der Waals surface area contributed by atoms with Crippen molar-refractivity contribution in [1.82, 2.24) is 10.3 Å². The Kier molecular flexibility index (Phi) is 5.21. The number of amides is 1. The highest BCUT2D eigenvalue weighted by Crippen LogP contribution is 2.18. The van der Waals surface area contributed by atoms with E-state index in [0.29, 0.717) is 6.42 Å². The van der Waals surface area contributed by atoms with Gasteiger partial charge in [0.1, 0.15) is 5.69 Å². The first-order valence-corrected chi connectivity index (χ1v) is 6.88. The van der Waals surface area contributed by atoms with E-state index in [9.17, 15) is 20.0 Å². The van der Waals surface area contributed by atoms with Gasteiger partial charge in [-0.2, -0.15) is 0 Å². The van der Waals surface area contributed by atoms with Crippen LogP contribution in [0.2, 0.25) is 0 Å². The fourth-order valence-corrected chi connectivity index (χ4v) is 2.01. The molecule has 4 N–H and O–H groups in total. The van der Waals surface area contributed by atoms with Crippen LogP contribution in [0.5, 0.6) is 0 Å². The zero-order chi connectivity index (χ0) is 16.8. The lowest BCUT2D eigenvalue weighted by Crippen LogP contribution is -2.33. The van der Waals surface area contributed by atoms with E-state index in [-0.39, 0.29) is 23.7 Å². The summed E-state index contributed by atoms with van der Waals surface area (Å²) in [7, 11) is 0. The van der Waals surface area contributed by atoms with Crippen molar-refractivity contribution in [2.24, 2.45) is 0 Å². The Morgan fingerprint density at radius 1 is 1.30 bits per heavy atom. The first-order chi connectivity index (χ1) is 11.0. The van der Waals surface area contributed by atoms with E-state index in [1.54, 1.807) is 0 Å². The predicted octanol–water partition coefficient (Wildman–Crippen LogP) is 0.905. The first-order valence-electron chi connectivity index (χ1n) is 6.88. The molecule has 0 unspecified atom stereocenters. The molecule has 0 fully saturated rings. The summed E-state index contributed by atoms with van der Waals surface area (Å²) in [6.07, 6.45) is -0.353. The van der Waals surface area contributed by atoms with Crippen molar-refractivity contribution in [3.63, 3.8) is 0 Å². The van der Waals surface area contributed by atoms with Crippen molar-refractivity contribution < 1.29 is 14.8 Å². The summed E-state index contributed by atoms with van der Waals surface area (Å²) >= 11 is 0. The third-order valence-corrected chi connectivity index (χ3v) is 3.14. The van der Waals surface area contributed by atoms with E-state index in [1.807, 2.05) is 30.3 Å². The largest absolute Gasteiger partial charge is 0.391 e. The lowest BCUT2D eigenvalue weighted by atomic mass is 10.1. The van der Waals surface area contributed by atoms with Crippen LogP contribution in [0.15, 0.2) is 42.5 Å². The Morgan fingerprint density at radius 3 is 2.61 bits per heavy atom. The second-order valence-corrected chi connectivity index (χ2v) is 4.91. The van der Waals surface area contributed by atoms with Gasteiger partial charge in [-0.05, 0) is 11.6 Å². The Bertz CT molecular complexity index is 706. The fourth-order valence-electron chi connectivity index (χ4n) is 2.01. The molecule has 0 saturated heterocycles. The zero-order valence-electron chi connectivity index (χ0n) is 12.2. The molecule has 1 aromatic heterocycles. The van der Waals surface area contributed by atoms with Gasteiger partial charge in [-0.1, -0.05) is 30.3 Å². The van der Waals surface area contributed by atoms with Crippen molar-refractivity contribution in [1.29, 1.82) is 0 Å². The maximum absolute atomic E-state index is 11.9. The molecule has 8 nitrogen and oxygen atoms in total. The quantitative estimate of drug-likeness (QED) is 0.536. The number of anilines is 1. The molecule has 1 heterocycles. The number of nitrogens with zero attached hydrogens (tertiary/aromatic N) is 2. The van der Waals surface area contributed by atoms with Gasteiger partial charge in [-0.25, -0.2) is 4.98 Å². The lowest BCUT2D eigenvalue weighted by molar-refractivity contribution is -0.384. The summed E-state index contributed by atoms with van der Waals surface area (Å²) in [5.41, 5.74) is 5.99. The number of carbonyl (C=O) groups is 1. The van der Waals surface area contributed by atoms with E-state index in [0.717, 1.165) is 11.6 Å². The highest BCUT2D eigenvalue weighted by atomic mass is 16.6. The van der Waals surface area contributed by atoms with Gasteiger partial charge in [-0.3, -0.25) is 14.9 Å². The highest BCUT2D eigenvalue weighted by Gasteiger charge is 2.17. The van der Waals surface area contributed by atoms with Crippen LogP contribution in [-0.4, -0.2) is 33.6 Å². The molecule has 1 aromatic carbocycles. The molecule has 0 bridgehead atoms. The number of aromatic nitrogens is 1. The number of aliphatic hydroxyl groups is 1. The average Bonchev–Trinajstić information content (AvgIpc) is 2.53. The van der Waals surface area contributed by atoms with Crippen molar-refractivity contribution in [2.45, 2.75) is 12.5 Å². The van der Waals surface area contributed by atoms with Gasteiger partial charge in [0, 0.05) is 19.0 Å². The van der Waals surface area contributed by atoms with Crippen molar-refractivity contribution in [3.05, 3.63) is 63.8 Å². The molecular weight excluding hydrogens is 300 g/mol. The third-order valence-electron chi connectivity index (χ3n) is 3.14. The van der Waals surface area contributed by atoms with E-state index >= 15 is 0 Å². The van der Waals surface area contributed by atoms with Crippen LogP contribution in [0.4, 0.5) is 11.5 Å². The van der Waals surface area contributed by atoms with Gasteiger partial charge in [0.15, 0.2) is 0 Å². The third kappa shape index (κ3) is 4.48. The topological polar surface area (TPSA) is 131 Å². The van der Waals surface area contributed by atoms with Crippen LogP contribution in [0.3, 0.4) is 0 Å². The van der Waals surface area contributed by atoms with Gasteiger partial charge in [0.2, 0.25) is 5.82 Å². The van der Waals surface area contributed by atoms with E-state index in [2.05, 4.69) is 10.3 Å². The number of hydrogen-bond acceptors (Lipinski definition) is 6. The van der Waals surface area contributed by atoms with Crippen molar-refractivity contribution in [3.8, 4) is 0 Å². The SMILES string of the molecule is Nc1nc(C(=O)NC[C@H](O)Cc2ccccc2)ccc1[N+](=O)[O-]. The average molecular weight is 316 g/mol. The van der Waals surface area contributed by atoms with Crippen molar-refractivity contribution in [2.75, 3.05) is 12.3 Å². The molecule has 2 aromatic rings. The van der Waals surface area contributed by atoms with Gasteiger partial charge in [0.25, 0.3) is 5.91 Å². The number of nitrogens with two attached hydrogens (primary N) is 1. The second-order valence-electron chi connectivity index (χ2n) is 4.91. The van der Waals surface area contributed by atoms with Crippen LogP contribution in [0.25, 0.3) is 0 Å². The Labute approximate surface area is 132 Å². The highest BCUT2D eigenvalue weighted by molar-refractivity contribution is 5.93. The summed E-state index contributed by atoms with van der Waals surface area (Å²) in [5.74, 6) is -0.883. The molecule has 1 amide bonds. The summed E-state index contributed by atoms with van der Waals surface area (Å²) in [5, 5.41) is 23.1. The fraction of sp³-hybridized carbons (Fsp3) is 0.200. The summed E-state index contributed by atoms with van der Waals surface area (Å²) in [4.78, 5) is 25.6. The molecule has 23 heavy (non-hydrogen) atoms. The maximum atomic E-state index is 11.9. The van der Waals surface area contributed by atoms with Crippen LogP contribution in [0, 0.1) is 10.1 Å². The Hall–Kier alpha value is -3.00. The summed E-state index contributed by atoms with van der Waals surface area (Å²) in [6.45, 7) is 0.0340. The number of nitrogen functional groups attached to an aromatic ring is 1. The smallest absolute Gasteiger partial charge is 0.311 e. The number of pyridine rings is 1. The van der Waals surface area contributed by atoms with Crippen LogP contribution in [-0.2, 0) is 6.42 Å². The van der Waals surface area contributed by atoms with E-state index in [4.69, 9.17) is 5.73 Å². The van der Waals surface area contributed by atoms with Crippen LogP contribution >= 0.6 is 0 Å². The molecule has 0 aliphatic carbocycles. The number of benzene rings is 1. The van der Waals surface area contributed by atoms with Crippen molar-refractivity contribution >= 4 is 17.4 Å². The normalized spacial score (nSPS) is 11.7. The molecule has 0 aliphatic heterocycles. The molecular formula is C15H16N4O4. The standard InChI is InChI=1S/C15H16N4O4/c16-14-13(19(22)23)7-6-12(18-14)15(21)17-9-11(20)8-10-4-2-1-3-5-10/h1-7,11,20H,8-9H2,(H2,16,18)(H,17,21)/t11-/m1/s1. The number of carbonyl (C=O) groups excluding carboxylic acids is 1. The first kappa shape index (κ1) is 16.4. The molecule has 2 rings (SSSR count). The van der Waals surface area contributed by atoms with E-state index < -0.39 is 16.9 Å². The molecule has 120 valence electrons. The zero-order valence-corrected chi connectivity index (χ0v) is 12.2. The minimum Gasteiger partial charge on any atom is -0.391 e. The minimum absolute atomic E-state index is 0.0340. The Morgan fingerprint density at radius 2 is 2.00 bits per heavy atom.